The summed E-state index contributed by atoms with van der Waals surface area (Å²) >= 11 is 3.48. The highest BCUT2D eigenvalue weighted by atomic mass is 79.9. The van der Waals surface area contributed by atoms with Crippen LogP contribution in [0.4, 0.5) is 0 Å². The molecule has 1 aliphatic heterocycles. The highest BCUT2D eigenvalue weighted by Gasteiger charge is 2.41. The van der Waals surface area contributed by atoms with E-state index in [1.165, 1.54) is 5.56 Å². The van der Waals surface area contributed by atoms with E-state index >= 15 is 0 Å². The van der Waals surface area contributed by atoms with Crippen LogP contribution in [-0.2, 0) is 5.54 Å². The fourth-order valence-electron chi connectivity index (χ4n) is 2.72. The van der Waals surface area contributed by atoms with Crippen LogP contribution in [0.3, 0.4) is 0 Å². The van der Waals surface area contributed by atoms with Gasteiger partial charge in [-0.05, 0) is 29.8 Å². The lowest BCUT2D eigenvalue weighted by Gasteiger charge is -2.42. The van der Waals surface area contributed by atoms with Crippen molar-refractivity contribution in [3.8, 4) is 11.4 Å². The summed E-state index contributed by atoms with van der Waals surface area (Å²) in [5, 5.41) is 12.0. The van der Waals surface area contributed by atoms with Gasteiger partial charge in [0.05, 0.1) is 11.9 Å². The van der Waals surface area contributed by atoms with Gasteiger partial charge >= 0.3 is 0 Å². The third-order valence-corrected chi connectivity index (χ3v) is 4.60. The van der Waals surface area contributed by atoms with E-state index in [2.05, 4.69) is 60.8 Å². The van der Waals surface area contributed by atoms with E-state index in [9.17, 15) is 0 Å². The number of aromatic nitrogens is 4. The summed E-state index contributed by atoms with van der Waals surface area (Å²) in [7, 11) is 0. The van der Waals surface area contributed by atoms with Crippen molar-refractivity contribution < 1.29 is 0 Å². The molecule has 110 valence electrons. The van der Waals surface area contributed by atoms with E-state index in [0.717, 1.165) is 29.0 Å². The molecule has 1 N–H and O–H groups in total. The van der Waals surface area contributed by atoms with E-state index in [-0.39, 0.29) is 5.54 Å². The van der Waals surface area contributed by atoms with Crippen LogP contribution < -0.4 is 5.32 Å². The largest absolute Gasteiger partial charge is 0.311 e. The molecule has 1 aliphatic rings. The molecule has 0 bridgehead atoms. The van der Waals surface area contributed by atoms with Crippen LogP contribution in [0.2, 0.25) is 0 Å². The van der Waals surface area contributed by atoms with E-state index < -0.39 is 0 Å². The molecule has 3 heterocycles. The maximum Gasteiger partial charge on any atom is 0.131 e. The Labute approximate surface area is 136 Å². The molecule has 0 radical (unpaired) electrons. The maximum absolute atomic E-state index is 4.36. The molecule has 0 saturated carbocycles. The van der Waals surface area contributed by atoms with Gasteiger partial charge in [0, 0.05) is 23.8 Å². The minimum Gasteiger partial charge on any atom is -0.311 e. The Morgan fingerprint density at radius 1 is 1.05 bits per heavy atom. The molecule has 5 nitrogen and oxygen atoms in total. The number of hydrogen-bond acceptors (Lipinski definition) is 4. The molecule has 22 heavy (non-hydrogen) atoms. The monoisotopic (exact) mass is 355 g/mol. The molecule has 0 amide bonds. The first-order chi connectivity index (χ1) is 10.8. The Morgan fingerprint density at radius 3 is 2.50 bits per heavy atom. The van der Waals surface area contributed by atoms with Gasteiger partial charge in [0.1, 0.15) is 11.2 Å². The molecule has 0 atom stereocenters. The molecule has 6 heteroatoms. The van der Waals surface area contributed by atoms with Gasteiger partial charge in [0.25, 0.3) is 0 Å². The van der Waals surface area contributed by atoms with Gasteiger partial charge < -0.3 is 5.32 Å². The summed E-state index contributed by atoms with van der Waals surface area (Å²) < 4.78 is 3.03. The third kappa shape index (κ3) is 2.15. The average molecular weight is 356 g/mol. The molecule has 1 saturated heterocycles. The first-order valence-electron chi connectivity index (χ1n) is 7.09. The second kappa shape index (κ2) is 5.30. The van der Waals surface area contributed by atoms with Crippen molar-refractivity contribution in [2.24, 2.45) is 0 Å². The second-order valence-corrected chi connectivity index (χ2v) is 6.32. The normalized spacial score (nSPS) is 16.2. The Kier molecular flexibility index (Phi) is 3.28. The molecule has 3 aromatic rings. The third-order valence-electron chi connectivity index (χ3n) is 4.08. The lowest BCUT2D eigenvalue weighted by molar-refractivity contribution is 0.203. The van der Waals surface area contributed by atoms with Crippen molar-refractivity contribution in [1.82, 2.24) is 25.3 Å². The molecule has 4 rings (SSSR count). The zero-order valence-electron chi connectivity index (χ0n) is 11.8. The van der Waals surface area contributed by atoms with Crippen molar-refractivity contribution >= 4 is 15.9 Å². The zero-order valence-corrected chi connectivity index (χ0v) is 13.4. The van der Waals surface area contributed by atoms with Gasteiger partial charge in [-0.2, -0.15) is 0 Å². The molecule has 1 fully saturated rings. The Morgan fingerprint density at radius 2 is 1.86 bits per heavy atom. The van der Waals surface area contributed by atoms with Gasteiger partial charge in [0.15, 0.2) is 0 Å². The average Bonchev–Trinajstić information content (AvgIpc) is 2.99. The Bertz CT molecular complexity index is 778. The molecule has 2 aromatic heterocycles. The molecular weight excluding hydrogens is 342 g/mol. The van der Waals surface area contributed by atoms with E-state index in [1.54, 1.807) is 6.20 Å². The van der Waals surface area contributed by atoms with E-state index in [0.29, 0.717) is 0 Å². The van der Waals surface area contributed by atoms with E-state index in [1.807, 2.05) is 29.1 Å². The molecule has 0 spiro atoms. The number of hydrogen-bond donors (Lipinski definition) is 1. The van der Waals surface area contributed by atoms with E-state index in [4.69, 9.17) is 0 Å². The van der Waals surface area contributed by atoms with Crippen molar-refractivity contribution in [2.45, 2.75) is 5.54 Å². The summed E-state index contributed by atoms with van der Waals surface area (Å²) in [6, 6.07) is 14.2. The van der Waals surface area contributed by atoms with Crippen molar-refractivity contribution in [2.75, 3.05) is 13.1 Å². The smallest absolute Gasteiger partial charge is 0.131 e. The zero-order chi connectivity index (χ0) is 15.0. The van der Waals surface area contributed by atoms with Crippen LogP contribution >= 0.6 is 15.9 Å². The Hall–Kier alpha value is -2.05. The van der Waals surface area contributed by atoms with Gasteiger partial charge in [-0.15, -0.1) is 5.10 Å². The van der Waals surface area contributed by atoms with Crippen LogP contribution in [0.15, 0.2) is 59.3 Å². The number of rotatable bonds is 3. The predicted molar refractivity (Wildman–Crippen MR) is 87.3 cm³/mol. The number of pyridine rings is 1. The van der Waals surface area contributed by atoms with Crippen LogP contribution in [0.1, 0.15) is 5.56 Å². The first-order valence-corrected chi connectivity index (χ1v) is 7.88. The van der Waals surface area contributed by atoms with Gasteiger partial charge in [0.2, 0.25) is 0 Å². The fourth-order valence-corrected chi connectivity index (χ4v) is 2.99. The van der Waals surface area contributed by atoms with Crippen molar-refractivity contribution in [3.05, 3.63) is 64.9 Å². The Balaban J connectivity index is 1.74. The van der Waals surface area contributed by atoms with Gasteiger partial charge in [-0.3, -0.25) is 4.98 Å². The summed E-state index contributed by atoms with van der Waals surface area (Å²) in [5.74, 6) is 0. The SMILES string of the molecule is Brc1ccc(C2(n3cc(-c4ccccn4)nn3)CNC2)cc1. The summed E-state index contributed by atoms with van der Waals surface area (Å²) in [6.45, 7) is 1.69. The van der Waals surface area contributed by atoms with Crippen LogP contribution in [-0.4, -0.2) is 33.1 Å². The number of nitrogens with zero attached hydrogens (tertiary/aromatic N) is 4. The minimum atomic E-state index is -0.166. The summed E-state index contributed by atoms with van der Waals surface area (Å²) in [4.78, 5) is 4.33. The second-order valence-electron chi connectivity index (χ2n) is 5.41. The maximum atomic E-state index is 4.36. The molecular formula is C16H14BrN5. The fraction of sp³-hybridized carbons (Fsp3) is 0.188. The van der Waals surface area contributed by atoms with Crippen LogP contribution in [0.5, 0.6) is 0 Å². The number of halogens is 1. The highest BCUT2D eigenvalue weighted by Crippen LogP contribution is 2.31. The topological polar surface area (TPSA) is 55.6 Å². The number of benzene rings is 1. The highest BCUT2D eigenvalue weighted by molar-refractivity contribution is 9.10. The molecule has 0 aliphatic carbocycles. The van der Waals surface area contributed by atoms with Crippen LogP contribution in [0.25, 0.3) is 11.4 Å². The van der Waals surface area contributed by atoms with Crippen molar-refractivity contribution in [1.29, 1.82) is 0 Å². The standard InChI is InChI=1S/C16H14BrN5/c17-13-6-4-12(5-7-13)16(10-18-11-16)22-9-15(20-21-22)14-3-1-2-8-19-14/h1-9,18H,10-11H2. The first kappa shape index (κ1) is 13.6. The molecule has 1 aromatic carbocycles. The summed E-state index contributed by atoms with van der Waals surface area (Å²) in [5.41, 5.74) is 2.70. The van der Waals surface area contributed by atoms with Gasteiger partial charge in [-0.25, -0.2) is 4.68 Å². The number of nitrogens with one attached hydrogen (secondary N) is 1. The van der Waals surface area contributed by atoms with Crippen LogP contribution in [0, 0.1) is 0 Å². The minimum absolute atomic E-state index is 0.166. The predicted octanol–water partition coefficient (Wildman–Crippen LogP) is 2.45. The summed E-state index contributed by atoms with van der Waals surface area (Å²) in [6.07, 6.45) is 3.75. The lowest BCUT2D eigenvalue weighted by Crippen LogP contribution is -2.61. The quantitative estimate of drug-likeness (QED) is 0.783. The van der Waals surface area contributed by atoms with Crippen molar-refractivity contribution in [3.63, 3.8) is 0 Å². The van der Waals surface area contributed by atoms with Gasteiger partial charge in [-0.1, -0.05) is 39.3 Å². The molecule has 0 unspecified atom stereocenters. The lowest BCUT2D eigenvalue weighted by atomic mass is 9.84.